The molecule has 2 N–H and O–H groups in total. The van der Waals surface area contributed by atoms with E-state index >= 15 is 0 Å². The molecule has 2 aromatic heterocycles. The van der Waals surface area contributed by atoms with Crippen LogP contribution in [0.5, 0.6) is 0 Å². The van der Waals surface area contributed by atoms with Crippen LogP contribution in [0.25, 0.3) is 0 Å². The Balaban J connectivity index is 2.15. The molecule has 108 valence electrons. The Morgan fingerprint density at radius 3 is 2.55 bits per heavy atom. The van der Waals surface area contributed by atoms with E-state index in [1.54, 1.807) is 11.3 Å². The first-order chi connectivity index (χ1) is 9.27. The van der Waals surface area contributed by atoms with Crippen LogP contribution in [0.1, 0.15) is 54.3 Å². The molecule has 1 atom stereocenters. The van der Waals surface area contributed by atoms with Crippen molar-refractivity contribution in [3.63, 3.8) is 0 Å². The minimum absolute atomic E-state index is 0.0884. The molecule has 0 aliphatic carbocycles. The Bertz CT molecular complexity index is 596. The molecule has 0 amide bonds. The highest BCUT2D eigenvalue weighted by Gasteiger charge is 2.19. The lowest BCUT2D eigenvalue weighted by Gasteiger charge is -2.15. The fourth-order valence-electron chi connectivity index (χ4n) is 2.15. The van der Waals surface area contributed by atoms with Gasteiger partial charge in [0.25, 0.3) is 0 Å². The van der Waals surface area contributed by atoms with E-state index in [-0.39, 0.29) is 11.5 Å². The molecule has 4 heteroatoms. The molecule has 0 saturated carbocycles. The van der Waals surface area contributed by atoms with Crippen LogP contribution in [0.15, 0.2) is 17.6 Å². The van der Waals surface area contributed by atoms with E-state index in [1.165, 1.54) is 5.56 Å². The van der Waals surface area contributed by atoms with Crippen LogP contribution >= 0.6 is 11.3 Å². The van der Waals surface area contributed by atoms with Crippen molar-refractivity contribution in [3.05, 3.63) is 45.2 Å². The maximum atomic E-state index is 6.30. The summed E-state index contributed by atoms with van der Waals surface area (Å²) in [5.41, 5.74) is 10.8. The predicted molar refractivity (Wildman–Crippen MR) is 85.2 cm³/mol. The van der Waals surface area contributed by atoms with Gasteiger partial charge >= 0.3 is 0 Å². The van der Waals surface area contributed by atoms with E-state index < -0.39 is 0 Å². The van der Waals surface area contributed by atoms with Gasteiger partial charge in [0, 0.05) is 23.4 Å². The monoisotopic (exact) mass is 289 g/mol. The first-order valence-electron chi connectivity index (χ1n) is 6.91. The van der Waals surface area contributed by atoms with Gasteiger partial charge in [-0.05, 0) is 25.0 Å². The number of pyridine rings is 1. The van der Waals surface area contributed by atoms with Crippen LogP contribution in [0.3, 0.4) is 0 Å². The molecule has 1 unspecified atom stereocenters. The van der Waals surface area contributed by atoms with Gasteiger partial charge < -0.3 is 5.73 Å². The van der Waals surface area contributed by atoms with Crippen molar-refractivity contribution in [3.8, 4) is 0 Å². The van der Waals surface area contributed by atoms with Gasteiger partial charge in [0.2, 0.25) is 0 Å². The molecular weight excluding hydrogens is 266 g/mol. The molecule has 20 heavy (non-hydrogen) atoms. The van der Waals surface area contributed by atoms with Crippen molar-refractivity contribution in [2.45, 2.75) is 52.5 Å². The normalized spacial score (nSPS) is 13.5. The van der Waals surface area contributed by atoms with E-state index in [4.69, 9.17) is 10.7 Å². The summed E-state index contributed by atoms with van der Waals surface area (Å²) in [7, 11) is 0. The highest BCUT2D eigenvalue weighted by molar-refractivity contribution is 7.09. The van der Waals surface area contributed by atoms with E-state index in [2.05, 4.69) is 44.1 Å². The number of rotatable bonds is 3. The Hall–Kier alpha value is -1.26. The maximum Gasteiger partial charge on any atom is 0.0948 e. The number of nitrogens with zero attached hydrogens (tertiary/aromatic N) is 2. The molecule has 0 fully saturated rings. The zero-order valence-corrected chi connectivity index (χ0v) is 13.7. The lowest BCUT2D eigenvalue weighted by molar-refractivity contribution is 0.568. The fourth-order valence-corrected chi connectivity index (χ4v) is 3.23. The second-order valence-electron chi connectivity index (χ2n) is 6.40. The molecule has 2 rings (SSSR count). The van der Waals surface area contributed by atoms with Crippen LogP contribution in [0.4, 0.5) is 0 Å². The van der Waals surface area contributed by atoms with Gasteiger partial charge in [-0.2, -0.15) is 0 Å². The van der Waals surface area contributed by atoms with Crippen molar-refractivity contribution < 1.29 is 0 Å². The molecule has 2 aromatic rings. The van der Waals surface area contributed by atoms with Gasteiger partial charge in [-0.1, -0.05) is 26.8 Å². The first kappa shape index (κ1) is 15.1. The third kappa shape index (κ3) is 3.44. The molecule has 0 radical (unpaired) electrons. The summed E-state index contributed by atoms with van der Waals surface area (Å²) in [5.74, 6) is 0. The van der Waals surface area contributed by atoms with Crippen molar-refractivity contribution in [1.82, 2.24) is 9.97 Å². The van der Waals surface area contributed by atoms with Gasteiger partial charge in [-0.25, -0.2) is 4.98 Å². The molecule has 0 aliphatic heterocycles. The largest absolute Gasteiger partial charge is 0.322 e. The molecule has 3 nitrogen and oxygen atoms in total. The molecule has 2 heterocycles. The summed E-state index contributed by atoms with van der Waals surface area (Å²) in [6, 6.07) is 2.04. The minimum Gasteiger partial charge on any atom is -0.322 e. The molecular formula is C16H23N3S. The lowest BCUT2D eigenvalue weighted by Crippen LogP contribution is -2.17. The number of hydrogen-bond acceptors (Lipinski definition) is 4. The summed E-state index contributed by atoms with van der Waals surface area (Å²) >= 11 is 1.69. The van der Waals surface area contributed by atoms with Crippen LogP contribution < -0.4 is 5.73 Å². The lowest BCUT2D eigenvalue weighted by atomic mass is 9.93. The van der Waals surface area contributed by atoms with Crippen LogP contribution in [-0.4, -0.2) is 9.97 Å². The Kier molecular flexibility index (Phi) is 4.25. The quantitative estimate of drug-likeness (QED) is 0.937. The van der Waals surface area contributed by atoms with Gasteiger partial charge in [-0.3, -0.25) is 4.98 Å². The number of hydrogen-bond donors (Lipinski definition) is 1. The van der Waals surface area contributed by atoms with Gasteiger partial charge in [-0.15, -0.1) is 11.3 Å². The van der Waals surface area contributed by atoms with Crippen molar-refractivity contribution in [2.75, 3.05) is 0 Å². The second-order valence-corrected chi connectivity index (χ2v) is 7.34. The standard InChI is InChI=1S/C16H23N3S/c1-10-6-11(2)15(18-8-10)12(17)7-14-19-13(9-20-14)16(3,4)5/h6,8-9,12H,7,17H2,1-5H3. The molecule has 0 saturated heterocycles. The fraction of sp³-hybridized carbons (Fsp3) is 0.500. The third-order valence-electron chi connectivity index (χ3n) is 3.32. The van der Waals surface area contributed by atoms with E-state index in [9.17, 15) is 0 Å². The molecule has 0 spiro atoms. The SMILES string of the molecule is Cc1cnc(C(N)Cc2nc(C(C)(C)C)cs2)c(C)c1. The summed E-state index contributed by atoms with van der Waals surface area (Å²) < 4.78 is 0. The summed E-state index contributed by atoms with van der Waals surface area (Å²) in [5, 5.41) is 3.22. The highest BCUT2D eigenvalue weighted by atomic mass is 32.1. The number of thiazole rings is 1. The van der Waals surface area contributed by atoms with Gasteiger partial charge in [0.05, 0.1) is 22.4 Å². The third-order valence-corrected chi connectivity index (χ3v) is 4.19. The van der Waals surface area contributed by atoms with Crippen LogP contribution in [0.2, 0.25) is 0 Å². The van der Waals surface area contributed by atoms with Gasteiger partial charge in [0.15, 0.2) is 0 Å². The molecule has 0 aliphatic rings. The Labute approximate surface area is 125 Å². The smallest absolute Gasteiger partial charge is 0.0948 e. The highest BCUT2D eigenvalue weighted by Crippen LogP contribution is 2.26. The Morgan fingerprint density at radius 2 is 2.00 bits per heavy atom. The minimum atomic E-state index is -0.0884. The predicted octanol–water partition coefficient (Wildman–Crippen LogP) is 3.69. The number of aromatic nitrogens is 2. The van der Waals surface area contributed by atoms with Crippen molar-refractivity contribution in [2.24, 2.45) is 5.73 Å². The second kappa shape index (κ2) is 5.62. The van der Waals surface area contributed by atoms with Crippen LogP contribution in [-0.2, 0) is 11.8 Å². The number of aryl methyl sites for hydroxylation is 2. The first-order valence-corrected chi connectivity index (χ1v) is 7.79. The van der Waals surface area contributed by atoms with Gasteiger partial charge in [0.1, 0.15) is 0 Å². The summed E-state index contributed by atoms with van der Waals surface area (Å²) in [6.45, 7) is 10.6. The van der Waals surface area contributed by atoms with E-state index in [1.807, 2.05) is 13.1 Å². The maximum absolute atomic E-state index is 6.30. The van der Waals surface area contributed by atoms with Crippen LogP contribution in [0, 0.1) is 13.8 Å². The zero-order valence-electron chi connectivity index (χ0n) is 12.9. The summed E-state index contributed by atoms with van der Waals surface area (Å²) in [6.07, 6.45) is 2.63. The zero-order chi connectivity index (χ0) is 14.9. The number of nitrogens with two attached hydrogens (primary N) is 1. The van der Waals surface area contributed by atoms with E-state index in [0.29, 0.717) is 0 Å². The van der Waals surface area contributed by atoms with Crippen molar-refractivity contribution in [1.29, 1.82) is 0 Å². The topological polar surface area (TPSA) is 51.8 Å². The van der Waals surface area contributed by atoms with Crippen molar-refractivity contribution >= 4 is 11.3 Å². The molecule has 0 bridgehead atoms. The average Bonchev–Trinajstić information content (AvgIpc) is 2.76. The van der Waals surface area contributed by atoms with E-state index in [0.717, 1.165) is 28.4 Å². The molecule has 0 aromatic carbocycles. The Morgan fingerprint density at radius 1 is 1.30 bits per heavy atom. The summed E-state index contributed by atoms with van der Waals surface area (Å²) in [4.78, 5) is 9.19. The average molecular weight is 289 g/mol.